The van der Waals surface area contributed by atoms with Crippen molar-refractivity contribution in [3.05, 3.63) is 51.7 Å². The van der Waals surface area contributed by atoms with Crippen LogP contribution in [0.4, 0.5) is 23.2 Å². The summed E-state index contributed by atoms with van der Waals surface area (Å²) in [6, 6.07) is 3.38. The first-order chi connectivity index (χ1) is 13.9. The zero-order chi connectivity index (χ0) is 22.7. The Bertz CT molecular complexity index is 1010. The van der Waals surface area contributed by atoms with E-state index in [1.165, 1.54) is 0 Å². The van der Waals surface area contributed by atoms with Gasteiger partial charge < -0.3 is 20.0 Å². The van der Waals surface area contributed by atoms with E-state index < -0.39 is 65.3 Å². The maximum atomic E-state index is 13.8. The number of ether oxygens (including phenoxy) is 1. The topological polar surface area (TPSA) is 95.5 Å². The fraction of sp³-hybridized carbons (Fsp3) is 0.118. The monoisotopic (exact) mass is 762 g/mol. The maximum Gasteiger partial charge on any atom is 0.311 e. The molecule has 0 saturated heterocycles. The molecule has 2 rings (SSSR count). The lowest BCUT2D eigenvalue weighted by molar-refractivity contribution is -0.255. The molecule has 1 N–H and O–H groups in total. The number of carboxylic acids is 1. The first-order valence-electron chi connectivity index (χ1n) is 7.66. The van der Waals surface area contributed by atoms with Gasteiger partial charge in [0.1, 0.15) is 0 Å². The third-order valence-corrected chi connectivity index (χ3v) is 8.39. The fourth-order valence-electron chi connectivity index (χ4n) is 2.11. The highest BCUT2D eigenvalue weighted by Crippen LogP contribution is 2.30. The van der Waals surface area contributed by atoms with Gasteiger partial charge in [-0.1, -0.05) is 0 Å². The number of nitrogens with one attached hydrogen (secondary N) is 1. The molecule has 0 aliphatic rings. The van der Waals surface area contributed by atoms with Crippen LogP contribution in [-0.4, -0.2) is 17.8 Å². The molecule has 1 amide bonds. The number of amides is 1. The Kier molecular flexibility index (Phi) is 8.66. The van der Waals surface area contributed by atoms with Crippen LogP contribution in [-0.2, 0) is 9.59 Å². The number of carboxylic acid groups (broad SMARTS) is 1. The van der Waals surface area contributed by atoms with Crippen LogP contribution < -0.4 is 15.2 Å². The highest BCUT2D eigenvalue weighted by Gasteiger charge is 2.28. The number of carbonyl (C=O) groups excluding carboxylic acids is 3. The van der Waals surface area contributed by atoms with Crippen molar-refractivity contribution in [1.82, 2.24) is 0 Å². The van der Waals surface area contributed by atoms with Crippen LogP contribution in [0.3, 0.4) is 0 Å². The highest BCUT2D eigenvalue weighted by atomic mass is 127. The van der Waals surface area contributed by atoms with Crippen molar-refractivity contribution in [2.45, 2.75) is 12.8 Å². The van der Waals surface area contributed by atoms with Gasteiger partial charge in [0.2, 0.25) is 23.3 Å². The number of carbonyl (C=O) groups is 3. The summed E-state index contributed by atoms with van der Waals surface area (Å²) in [4.78, 5) is 34.3. The number of hydrogen-bond acceptors (Lipinski definition) is 5. The minimum atomic E-state index is -2.49. The molecule has 0 aromatic heterocycles. The summed E-state index contributed by atoms with van der Waals surface area (Å²) in [5.74, 6) is -15.2. The summed E-state index contributed by atoms with van der Waals surface area (Å²) in [6.45, 7) is 0. The minimum Gasteiger partial charge on any atom is -0.545 e. The van der Waals surface area contributed by atoms with E-state index in [-0.39, 0.29) is 0 Å². The van der Waals surface area contributed by atoms with Crippen LogP contribution in [0.15, 0.2) is 12.1 Å². The summed E-state index contributed by atoms with van der Waals surface area (Å²) in [6.07, 6.45) is -1.13. The number of halogens is 7. The van der Waals surface area contributed by atoms with Gasteiger partial charge in [0.15, 0.2) is 11.6 Å². The average Bonchev–Trinajstić information content (AvgIpc) is 2.66. The molecule has 0 aliphatic carbocycles. The predicted molar refractivity (Wildman–Crippen MR) is 119 cm³/mol. The van der Waals surface area contributed by atoms with Gasteiger partial charge in [-0.15, -0.1) is 0 Å². The highest BCUT2D eigenvalue weighted by molar-refractivity contribution is 14.1. The molecule has 0 bridgehead atoms. The average molecular weight is 762 g/mol. The zero-order valence-corrected chi connectivity index (χ0v) is 20.7. The lowest BCUT2D eigenvalue weighted by atomic mass is 10.1. The first kappa shape index (κ1) is 25.0. The van der Waals surface area contributed by atoms with E-state index in [4.69, 9.17) is 0 Å². The Morgan fingerprint density at radius 2 is 1.40 bits per heavy atom. The molecule has 0 fully saturated rings. The van der Waals surface area contributed by atoms with E-state index in [2.05, 4.69) is 77.8 Å². The van der Waals surface area contributed by atoms with E-state index in [0.717, 1.165) is 10.7 Å². The summed E-state index contributed by atoms with van der Waals surface area (Å²) < 4.78 is 61.8. The number of rotatable bonds is 6. The van der Waals surface area contributed by atoms with Crippen LogP contribution >= 0.6 is 67.8 Å². The molecule has 6 nitrogen and oxygen atoms in total. The third kappa shape index (κ3) is 5.71. The van der Waals surface area contributed by atoms with Crippen molar-refractivity contribution in [2.24, 2.45) is 0 Å². The van der Waals surface area contributed by atoms with Crippen LogP contribution in [0.1, 0.15) is 23.2 Å². The van der Waals surface area contributed by atoms with Crippen molar-refractivity contribution in [3.63, 3.8) is 0 Å². The fourth-order valence-corrected chi connectivity index (χ4v) is 4.19. The van der Waals surface area contributed by atoms with Crippen LogP contribution in [0.25, 0.3) is 0 Å². The number of hydrogen-bond donors (Lipinski definition) is 1. The molecule has 0 spiro atoms. The lowest BCUT2D eigenvalue weighted by Gasteiger charge is -2.12. The number of anilines is 1. The van der Waals surface area contributed by atoms with Crippen molar-refractivity contribution >= 4 is 91.3 Å². The van der Waals surface area contributed by atoms with Gasteiger partial charge in [0.05, 0.1) is 18.0 Å². The molecule has 2 aromatic carbocycles. The van der Waals surface area contributed by atoms with Crippen molar-refractivity contribution in [1.29, 1.82) is 0 Å². The number of aromatic carboxylic acids is 1. The zero-order valence-electron chi connectivity index (χ0n) is 14.3. The van der Waals surface area contributed by atoms with Crippen LogP contribution in [0.2, 0.25) is 0 Å². The van der Waals surface area contributed by atoms with Crippen molar-refractivity contribution in [2.75, 3.05) is 5.32 Å². The van der Waals surface area contributed by atoms with Gasteiger partial charge in [0.25, 0.3) is 0 Å². The largest absolute Gasteiger partial charge is 0.545 e. The van der Waals surface area contributed by atoms with E-state index in [1.54, 1.807) is 12.1 Å². The Labute approximate surface area is 207 Å². The van der Waals surface area contributed by atoms with E-state index >= 15 is 0 Å². The maximum absolute atomic E-state index is 13.8. The smallest absolute Gasteiger partial charge is 0.311 e. The van der Waals surface area contributed by atoms with Crippen LogP contribution in [0, 0.1) is 34.0 Å². The number of esters is 1. The predicted octanol–water partition coefficient (Wildman–Crippen LogP) is 3.74. The van der Waals surface area contributed by atoms with Gasteiger partial charge >= 0.3 is 5.97 Å². The van der Waals surface area contributed by atoms with Crippen molar-refractivity contribution < 1.29 is 41.8 Å². The van der Waals surface area contributed by atoms with E-state index in [1.807, 2.05) is 0 Å². The Hall–Kier alpha value is -1.24. The van der Waals surface area contributed by atoms with Gasteiger partial charge in [0, 0.05) is 22.8 Å². The summed E-state index contributed by atoms with van der Waals surface area (Å²) in [7, 11) is 0. The lowest BCUT2D eigenvalue weighted by Crippen LogP contribution is -2.27. The van der Waals surface area contributed by atoms with Gasteiger partial charge in [-0.05, 0) is 79.9 Å². The van der Waals surface area contributed by atoms with Crippen molar-refractivity contribution in [3.8, 4) is 5.75 Å². The van der Waals surface area contributed by atoms with Gasteiger partial charge in [-0.2, -0.15) is 8.78 Å². The second-order valence-corrected chi connectivity index (χ2v) is 8.93. The molecule has 0 radical (unpaired) electrons. The molecule has 0 aliphatic heterocycles. The summed E-state index contributed by atoms with van der Waals surface area (Å²) in [5.41, 5.74) is -1.51. The molecular formula is C17H7F4I3NO5-. The Morgan fingerprint density at radius 3 is 1.87 bits per heavy atom. The molecule has 0 saturated carbocycles. The summed E-state index contributed by atoms with van der Waals surface area (Å²) >= 11 is 6.28. The van der Waals surface area contributed by atoms with Crippen LogP contribution in [0.5, 0.6) is 5.75 Å². The SMILES string of the molecule is O=C(CCC(=O)Oc1c(F)c(F)c(C(=O)[O-])c(F)c1F)Nc1cc(I)c(I)c(I)c1. The normalized spacial score (nSPS) is 10.6. The molecule has 13 heteroatoms. The summed E-state index contributed by atoms with van der Waals surface area (Å²) in [5, 5.41) is 13.1. The molecule has 30 heavy (non-hydrogen) atoms. The molecule has 2 aromatic rings. The van der Waals surface area contributed by atoms with Gasteiger partial charge in [-0.3, -0.25) is 9.59 Å². The second-order valence-electron chi connectivity index (χ2n) is 5.52. The first-order valence-corrected chi connectivity index (χ1v) is 10.9. The number of benzene rings is 2. The Balaban J connectivity index is 2.06. The van der Waals surface area contributed by atoms with E-state index in [9.17, 15) is 37.1 Å². The molecule has 0 atom stereocenters. The molecule has 0 heterocycles. The quantitative estimate of drug-likeness (QED) is 0.121. The van der Waals surface area contributed by atoms with E-state index in [0.29, 0.717) is 5.69 Å². The minimum absolute atomic E-state index is 0.455. The Morgan fingerprint density at radius 1 is 0.900 bits per heavy atom. The molecule has 0 unspecified atom stereocenters. The molecule has 160 valence electrons. The molecular weight excluding hydrogens is 755 g/mol. The van der Waals surface area contributed by atoms with Gasteiger partial charge in [-0.25, -0.2) is 8.78 Å². The third-order valence-electron chi connectivity index (χ3n) is 3.47. The second kappa shape index (κ2) is 10.4. The standard InChI is InChI=1S/C17H8F4I3NO5/c18-11-10(17(28)29)12(19)14(21)16(13(11)20)30-9(27)2-1-8(26)25-5-3-6(22)15(24)7(23)4-5/h3-4H,1-2H2,(H,25,26)(H,28,29)/p-1.